The van der Waals surface area contributed by atoms with E-state index in [-0.39, 0.29) is 15.9 Å². The fourth-order valence-electron chi connectivity index (χ4n) is 0.769. The van der Waals surface area contributed by atoms with Crippen molar-refractivity contribution < 1.29 is 4.92 Å². The fourth-order valence-corrected chi connectivity index (χ4v) is 1.34. The Bertz CT molecular complexity index is 333. The number of rotatable bonds is 2. The van der Waals surface area contributed by atoms with E-state index in [4.69, 9.17) is 23.2 Å². The molecule has 5 nitrogen and oxygen atoms in total. The summed E-state index contributed by atoms with van der Waals surface area (Å²) in [5.41, 5.74) is -0.373. The van der Waals surface area contributed by atoms with Gasteiger partial charge in [-0.15, -0.1) is 0 Å². The van der Waals surface area contributed by atoms with Gasteiger partial charge >= 0.3 is 5.69 Å². The number of aromatic nitrogens is 1. The van der Waals surface area contributed by atoms with Crippen molar-refractivity contribution in [1.82, 2.24) is 4.98 Å². The van der Waals surface area contributed by atoms with Crippen LogP contribution in [0.3, 0.4) is 0 Å². The van der Waals surface area contributed by atoms with Crippen LogP contribution in [0.2, 0.25) is 10.2 Å². The Labute approximate surface area is 83.8 Å². The number of hydrogen-bond donors (Lipinski definition) is 1. The van der Waals surface area contributed by atoms with Gasteiger partial charge in [0.05, 0.1) is 4.92 Å². The first-order chi connectivity index (χ1) is 6.06. The van der Waals surface area contributed by atoms with Gasteiger partial charge in [0.25, 0.3) is 0 Å². The summed E-state index contributed by atoms with van der Waals surface area (Å²) in [7, 11) is 1.61. The van der Waals surface area contributed by atoms with Crippen molar-refractivity contribution in [2.75, 3.05) is 12.4 Å². The van der Waals surface area contributed by atoms with E-state index in [9.17, 15) is 10.1 Å². The van der Waals surface area contributed by atoms with Crippen molar-refractivity contribution in [3.63, 3.8) is 0 Å². The van der Waals surface area contributed by atoms with Crippen LogP contribution >= 0.6 is 23.2 Å². The predicted octanol–water partition coefficient (Wildman–Crippen LogP) is 2.34. The third kappa shape index (κ3) is 1.99. The molecule has 0 aliphatic heterocycles. The topological polar surface area (TPSA) is 68.1 Å². The van der Waals surface area contributed by atoms with E-state index in [0.717, 1.165) is 0 Å². The van der Waals surface area contributed by atoms with Crippen molar-refractivity contribution in [2.45, 2.75) is 0 Å². The third-order valence-corrected chi connectivity index (χ3v) is 1.89. The molecule has 0 radical (unpaired) electrons. The Morgan fingerprint density at radius 3 is 2.62 bits per heavy atom. The summed E-state index contributed by atoms with van der Waals surface area (Å²) >= 11 is 11.1. The van der Waals surface area contributed by atoms with E-state index in [2.05, 4.69) is 10.3 Å². The van der Waals surface area contributed by atoms with Crippen LogP contribution < -0.4 is 5.32 Å². The monoisotopic (exact) mass is 221 g/mol. The second-order valence-corrected chi connectivity index (χ2v) is 2.90. The van der Waals surface area contributed by atoms with Gasteiger partial charge in [0.2, 0.25) is 5.15 Å². The highest BCUT2D eigenvalue weighted by Gasteiger charge is 2.19. The molecular weight excluding hydrogens is 217 g/mol. The lowest BCUT2D eigenvalue weighted by Crippen LogP contribution is -1.97. The van der Waals surface area contributed by atoms with Gasteiger partial charge in [-0.25, -0.2) is 4.98 Å². The Morgan fingerprint density at radius 2 is 2.23 bits per heavy atom. The van der Waals surface area contributed by atoms with Gasteiger partial charge in [-0.3, -0.25) is 10.1 Å². The lowest BCUT2D eigenvalue weighted by molar-refractivity contribution is -0.384. The van der Waals surface area contributed by atoms with Gasteiger partial charge in [-0.05, 0) is 0 Å². The molecule has 1 heterocycles. The first-order valence-electron chi connectivity index (χ1n) is 3.24. The summed E-state index contributed by atoms with van der Waals surface area (Å²) in [6, 6.07) is 1.34. The van der Waals surface area contributed by atoms with Crippen molar-refractivity contribution >= 4 is 34.7 Å². The number of nitro groups is 1. The van der Waals surface area contributed by atoms with Crippen molar-refractivity contribution in [3.8, 4) is 0 Å². The molecular formula is C6H5Cl2N3O2. The molecule has 0 amide bonds. The summed E-state index contributed by atoms with van der Waals surface area (Å²) in [5.74, 6) is 0.389. The van der Waals surface area contributed by atoms with E-state index < -0.39 is 4.92 Å². The zero-order chi connectivity index (χ0) is 10.0. The van der Waals surface area contributed by atoms with Crippen LogP contribution in [0.1, 0.15) is 0 Å². The van der Waals surface area contributed by atoms with Crippen LogP contribution in [0.4, 0.5) is 11.5 Å². The van der Waals surface area contributed by atoms with Gasteiger partial charge in [-0.2, -0.15) is 0 Å². The van der Waals surface area contributed by atoms with E-state index in [1.165, 1.54) is 6.07 Å². The number of nitrogens with one attached hydrogen (secondary N) is 1. The minimum atomic E-state index is -0.670. The first-order valence-corrected chi connectivity index (χ1v) is 4.00. The molecule has 1 rings (SSSR count). The highest BCUT2D eigenvalue weighted by atomic mass is 35.5. The first kappa shape index (κ1) is 10.0. The highest BCUT2D eigenvalue weighted by molar-refractivity contribution is 6.37. The summed E-state index contributed by atoms with van der Waals surface area (Å²) in [4.78, 5) is 13.5. The summed E-state index contributed by atoms with van der Waals surface area (Å²) in [5, 5.41) is 12.8. The number of nitrogens with zero attached hydrogens (tertiary/aromatic N) is 2. The molecule has 0 saturated carbocycles. The Kier molecular flexibility index (Phi) is 2.90. The van der Waals surface area contributed by atoms with Crippen LogP contribution in [0.15, 0.2) is 6.07 Å². The molecule has 0 aliphatic rings. The average molecular weight is 222 g/mol. The number of hydrogen-bond acceptors (Lipinski definition) is 4. The molecule has 0 saturated heterocycles. The van der Waals surface area contributed by atoms with Crippen LogP contribution in [0.25, 0.3) is 0 Å². The van der Waals surface area contributed by atoms with E-state index in [1.54, 1.807) is 7.05 Å². The molecule has 0 aromatic carbocycles. The van der Waals surface area contributed by atoms with Gasteiger partial charge < -0.3 is 5.32 Å². The second kappa shape index (κ2) is 3.76. The maximum Gasteiger partial charge on any atom is 0.325 e. The molecule has 0 aliphatic carbocycles. The number of anilines is 1. The van der Waals surface area contributed by atoms with Gasteiger partial charge in [0, 0.05) is 13.1 Å². The van der Waals surface area contributed by atoms with Crippen molar-refractivity contribution in [2.24, 2.45) is 0 Å². The van der Waals surface area contributed by atoms with Crippen LogP contribution in [0.5, 0.6) is 0 Å². The van der Waals surface area contributed by atoms with Crippen LogP contribution in [0, 0.1) is 10.1 Å². The molecule has 0 fully saturated rings. The molecule has 0 bridgehead atoms. The summed E-state index contributed by atoms with van der Waals surface area (Å²) < 4.78 is 0. The molecule has 0 unspecified atom stereocenters. The molecule has 0 atom stereocenters. The summed E-state index contributed by atoms with van der Waals surface area (Å²) in [6.45, 7) is 0. The lowest BCUT2D eigenvalue weighted by atomic mass is 10.4. The zero-order valence-corrected chi connectivity index (χ0v) is 8.06. The largest absolute Gasteiger partial charge is 0.373 e. The molecule has 1 aromatic heterocycles. The predicted molar refractivity (Wildman–Crippen MR) is 50.5 cm³/mol. The van der Waals surface area contributed by atoms with Crippen molar-refractivity contribution in [1.29, 1.82) is 0 Å². The Morgan fingerprint density at radius 1 is 1.62 bits per heavy atom. The Balaban J connectivity index is 3.31. The normalized spacial score (nSPS) is 9.77. The standard InChI is InChI=1S/C6H5Cl2N3O2/c1-9-4-2-3(7)5(11(12)13)6(8)10-4/h2H,1H3,(H,9,10). The molecule has 1 N–H and O–H groups in total. The molecule has 13 heavy (non-hydrogen) atoms. The number of pyridine rings is 1. The van der Waals surface area contributed by atoms with Gasteiger partial charge in [-0.1, -0.05) is 23.2 Å². The van der Waals surface area contributed by atoms with Gasteiger partial charge in [0.1, 0.15) is 10.8 Å². The third-order valence-electron chi connectivity index (χ3n) is 1.34. The lowest BCUT2D eigenvalue weighted by Gasteiger charge is -2.01. The molecule has 7 heteroatoms. The SMILES string of the molecule is CNc1cc(Cl)c([N+](=O)[O-])c(Cl)n1. The smallest absolute Gasteiger partial charge is 0.325 e. The zero-order valence-electron chi connectivity index (χ0n) is 6.54. The van der Waals surface area contributed by atoms with Crippen LogP contribution in [-0.2, 0) is 0 Å². The average Bonchev–Trinajstić information content (AvgIpc) is 2.02. The maximum atomic E-state index is 10.4. The fraction of sp³-hybridized carbons (Fsp3) is 0.167. The molecule has 0 spiro atoms. The minimum absolute atomic E-state index is 0.0330. The maximum absolute atomic E-state index is 10.4. The van der Waals surface area contributed by atoms with Crippen LogP contribution in [-0.4, -0.2) is 17.0 Å². The van der Waals surface area contributed by atoms with E-state index in [0.29, 0.717) is 5.82 Å². The summed E-state index contributed by atoms with van der Waals surface area (Å²) in [6.07, 6.45) is 0. The Hall–Kier alpha value is -1.07. The molecule has 1 aromatic rings. The minimum Gasteiger partial charge on any atom is -0.373 e. The van der Waals surface area contributed by atoms with E-state index in [1.807, 2.05) is 0 Å². The van der Waals surface area contributed by atoms with E-state index >= 15 is 0 Å². The quantitative estimate of drug-likeness (QED) is 0.473. The second-order valence-electron chi connectivity index (χ2n) is 2.14. The van der Waals surface area contributed by atoms with Gasteiger partial charge in [0.15, 0.2) is 0 Å². The number of halogens is 2. The molecule has 70 valence electrons. The van der Waals surface area contributed by atoms with Crippen molar-refractivity contribution in [3.05, 3.63) is 26.4 Å². The highest BCUT2D eigenvalue weighted by Crippen LogP contribution is 2.32.